The molecule has 0 bridgehead atoms. The minimum Gasteiger partial charge on any atom is -0.248 e. The average Bonchev–Trinajstić information content (AvgIpc) is 2.45. The highest BCUT2D eigenvalue weighted by atomic mass is 14.8. The molecule has 3 heteroatoms. The highest BCUT2D eigenvalue weighted by molar-refractivity contribution is 6.07. The SMILES string of the molecule is c1ccc2nc3ccc4ncncc4c3cc2c1. The molecule has 4 aromatic rings. The Morgan fingerprint density at radius 3 is 2.67 bits per heavy atom. The fraction of sp³-hybridized carbons (Fsp3) is 0. The predicted octanol–water partition coefficient (Wildman–Crippen LogP) is 3.33. The van der Waals surface area contributed by atoms with E-state index < -0.39 is 0 Å². The van der Waals surface area contributed by atoms with Crippen LogP contribution < -0.4 is 0 Å². The molecule has 0 aliphatic heterocycles. The Balaban J connectivity index is 2.27. The molecule has 84 valence electrons. The van der Waals surface area contributed by atoms with Gasteiger partial charge in [0, 0.05) is 22.4 Å². The summed E-state index contributed by atoms with van der Waals surface area (Å²) in [5.41, 5.74) is 2.95. The van der Waals surface area contributed by atoms with Crippen molar-refractivity contribution in [1.29, 1.82) is 0 Å². The summed E-state index contributed by atoms with van der Waals surface area (Å²) in [6.07, 6.45) is 3.42. The van der Waals surface area contributed by atoms with Gasteiger partial charge in [-0.3, -0.25) is 0 Å². The van der Waals surface area contributed by atoms with Gasteiger partial charge >= 0.3 is 0 Å². The largest absolute Gasteiger partial charge is 0.248 e. The number of fused-ring (bicyclic) bond motifs is 4. The maximum atomic E-state index is 4.67. The smallest absolute Gasteiger partial charge is 0.116 e. The molecule has 0 saturated heterocycles. The maximum Gasteiger partial charge on any atom is 0.116 e. The molecule has 0 saturated carbocycles. The summed E-state index contributed by atoms with van der Waals surface area (Å²) in [5.74, 6) is 0. The van der Waals surface area contributed by atoms with E-state index in [0.717, 1.165) is 32.7 Å². The van der Waals surface area contributed by atoms with Gasteiger partial charge in [-0.1, -0.05) is 18.2 Å². The van der Waals surface area contributed by atoms with Gasteiger partial charge in [-0.05, 0) is 24.3 Å². The number of benzene rings is 2. The van der Waals surface area contributed by atoms with E-state index in [4.69, 9.17) is 0 Å². The van der Waals surface area contributed by atoms with Crippen LogP contribution in [0.5, 0.6) is 0 Å². The van der Waals surface area contributed by atoms with E-state index >= 15 is 0 Å². The van der Waals surface area contributed by atoms with Crippen LogP contribution in [-0.4, -0.2) is 15.0 Å². The Morgan fingerprint density at radius 1 is 0.778 bits per heavy atom. The maximum absolute atomic E-state index is 4.67. The van der Waals surface area contributed by atoms with Gasteiger partial charge in [0.2, 0.25) is 0 Å². The van der Waals surface area contributed by atoms with Crippen molar-refractivity contribution in [3.8, 4) is 0 Å². The Hall–Kier alpha value is -2.55. The third-order valence-electron chi connectivity index (χ3n) is 3.19. The van der Waals surface area contributed by atoms with Crippen molar-refractivity contribution in [2.24, 2.45) is 0 Å². The van der Waals surface area contributed by atoms with Crippen LogP contribution in [0.15, 0.2) is 55.0 Å². The second-order valence-corrected chi connectivity index (χ2v) is 4.27. The Labute approximate surface area is 103 Å². The summed E-state index contributed by atoms with van der Waals surface area (Å²) in [5, 5.41) is 3.29. The molecule has 0 atom stereocenters. The lowest BCUT2D eigenvalue weighted by molar-refractivity contribution is 1.22. The lowest BCUT2D eigenvalue weighted by Gasteiger charge is -2.04. The number of hydrogen-bond donors (Lipinski definition) is 0. The fourth-order valence-corrected chi connectivity index (χ4v) is 2.31. The quantitative estimate of drug-likeness (QED) is 0.344. The van der Waals surface area contributed by atoms with Crippen LogP contribution in [0.4, 0.5) is 0 Å². The third-order valence-corrected chi connectivity index (χ3v) is 3.19. The molecule has 2 heterocycles. The zero-order valence-corrected chi connectivity index (χ0v) is 9.54. The first-order valence-electron chi connectivity index (χ1n) is 5.80. The van der Waals surface area contributed by atoms with E-state index in [9.17, 15) is 0 Å². The van der Waals surface area contributed by atoms with Crippen LogP contribution >= 0.6 is 0 Å². The molecule has 2 aromatic carbocycles. The van der Waals surface area contributed by atoms with Crippen LogP contribution in [-0.2, 0) is 0 Å². The molecule has 2 aromatic heterocycles. The van der Waals surface area contributed by atoms with E-state index in [1.807, 2.05) is 36.5 Å². The zero-order valence-electron chi connectivity index (χ0n) is 9.54. The van der Waals surface area contributed by atoms with Crippen molar-refractivity contribution in [2.75, 3.05) is 0 Å². The second-order valence-electron chi connectivity index (χ2n) is 4.27. The van der Waals surface area contributed by atoms with E-state index in [2.05, 4.69) is 27.1 Å². The van der Waals surface area contributed by atoms with Gasteiger partial charge in [0.25, 0.3) is 0 Å². The Bertz CT molecular complexity index is 878. The molecule has 3 nitrogen and oxygen atoms in total. The normalized spacial score (nSPS) is 11.3. The number of pyridine rings is 1. The number of rotatable bonds is 0. The molecule has 0 fully saturated rings. The van der Waals surface area contributed by atoms with Crippen LogP contribution in [0.3, 0.4) is 0 Å². The summed E-state index contributed by atoms with van der Waals surface area (Å²) in [6, 6.07) is 14.3. The van der Waals surface area contributed by atoms with Crippen molar-refractivity contribution in [3.63, 3.8) is 0 Å². The number of para-hydroxylation sites is 1. The molecule has 0 aliphatic carbocycles. The highest BCUT2D eigenvalue weighted by Crippen LogP contribution is 2.25. The van der Waals surface area contributed by atoms with Crippen LogP contribution in [0.25, 0.3) is 32.7 Å². The predicted molar refractivity (Wildman–Crippen MR) is 72.3 cm³/mol. The minimum absolute atomic E-state index is 0.953. The van der Waals surface area contributed by atoms with Crippen LogP contribution in [0, 0.1) is 0 Å². The fourth-order valence-electron chi connectivity index (χ4n) is 2.31. The molecule has 4 rings (SSSR count). The Morgan fingerprint density at radius 2 is 1.67 bits per heavy atom. The molecule has 0 spiro atoms. The number of hydrogen-bond acceptors (Lipinski definition) is 3. The van der Waals surface area contributed by atoms with Crippen LogP contribution in [0.2, 0.25) is 0 Å². The van der Waals surface area contributed by atoms with Crippen molar-refractivity contribution < 1.29 is 0 Å². The summed E-state index contributed by atoms with van der Waals surface area (Å²) in [7, 11) is 0. The van der Waals surface area contributed by atoms with Crippen molar-refractivity contribution in [1.82, 2.24) is 15.0 Å². The monoisotopic (exact) mass is 231 g/mol. The lowest BCUT2D eigenvalue weighted by atomic mass is 10.1. The number of aromatic nitrogens is 3. The van der Waals surface area contributed by atoms with Gasteiger partial charge in [0.15, 0.2) is 0 Å². The van der Waals surface area contributed by atoms with E-state index in [1.54, 1.807) is 6.33 Å². The van der Waals surface area contributed by atoms with E-state index in [1.165, 1.54) is 0 Å². The second kappa shape index (κ2) is 3.47. The first-order valence-corrected chi connectivity index (χ1v) is 5.80. The molecule has 0 unspecified atom stereocenters. The van der Waals surface area contributed by atoms with Gasteiger partial charge in [0.05, 0.1) is 16.6 Å². The summed E-state index contributed by atoms with van der Waals surface area (Å²) < 4.78 is 0. The summed E-state index contributed by atoms with van der Waals surface area (Å²) in [6.45, 7) is 0. The minimum atomic E-state index is 0.953. The summed E-state index contributed by atoms with van der Waals surface area (Å²) in [4.78, 5) is 13.0. The standard InChI is InChI=1S/C15H9N3/c1-2-4-13-10(3-1)7-11-12-8-16-9-17-14(12)5-6-15(11)18-13/h1-9H. The third kappa shape index (κ3) is 1.27. The molecule has 18 heavy (non-hydrogen) atoms. The topological polar surface area (TPSA) is 38.7 Å². The average molecular weight is 231 g/mol. The molecule has 0 aliphatic rings. The van der Waals surface area contributed by atoms with Gasteiger partial charge in [-0.25, -0.2) is 15.0 Å². The first kappa shape index (κ1) is 9.48. The highest BCUT2D eigenvalue weighted by Gasteiger charge is 2.04. The number of nitrogens with zero attached hydrogens (tertiary/aromatic N) is 3. The lowest BCUT2D eigenvalue weighted by Crippen LogP contribution is -1.86. The molecule has 0 amide bonds. The van der Waals surface area contributed by atoms with Gasteiger partial charge in [-0.15, -0.1) is 0 Å². The molecular formula is C15H9N3. The van der Waals surface area contributed by atoms with Gasteiger partial charge < -0.3 is 0 Å². The van der Waals surface area contributed by atoms with Gasteiger partial charge in [-0.2, -0.15) is 0 Å². The molecule has 0 N–H and O–H groups in total. The van der Waals surface area contributed by atoms with Crippen molar-refractivity contribution >= 4 is 32.7 Å². The Kier molecular flexibility index (Phi) is 1.83. The van der Waals surface area contributed by atoms with Gasteiger partial charge in [0.1, 0.15) is 6.33 Å². The van der Waals surface area contributed by atoms with E-state index in [0.29, 0.717) is 0 Å². The summed E-state index contributed by atoms with van der Waals surface area (Å²) >= 11 is 0. The first-order chi connectivity index (χ1) is 8.92. The van der Waals surface area contributed by atoms with Crippen molar-refractivity contribution in [2.45, 2.75) is 0 Å². The molecule has 0 radical (unpaired) electrons. The molecular weight excluding hydrogens is 222 g/mol. The zero-order chi connectivity index (χ0) is 11.9. The van der Waals surface area contributed by atoms with E-state index in [-0.39, 0.29) is 0 Å². The van der Waals surface area contributed by atoms with Crippen LogP contribution in [0.1, 0.15) is 0 Å². The van der Waals surface area contributed by atoms with Crippen molar-refractivity contribution in [3.05, 3.63) is 55.0 Å².